The molecule has 0 saturated carbocycles. The van der Waals surface area contributed by atoms with Crippen molar-refractivity contribution in [2.24, 2.45) is 10.9 Å². The molecular formula is C33H35Cl2N7O6S. The van der Waals surface area contributed by atoms with Crippen LogP contribution in [0.25, 0.3) is 10.9 Å². The highest BCUT2D eigenvalue weighted by atomic mass is 35.5. The van der Waals surface area contributed by atoms with Crippen molar-refractivity contribution in [3.05, 3.63) is 92.9 Å². The third-order valence-electron chi connectivity index (χ3n) is 8.09. The van der Waals surface area contributed by atoms with Crippen LogP contribution >= 0.6 is 23.2 Å². The van der Waals surface area contributed by atoms with E-state index in [0.29, 0.717) is 41.7 Å². The molecule has 0 spiro atoms. The Morgan fingerprint density at radius 2 is 1.90 bits per heavy atom. The van der Waals surface area contributed by atoms with E-state index in [1.54, 1.807) is 6.07 Å². The van der Waals surface area contributed by atoms with Crippen molar-refractivity contribution in [1.82, 2.24) is 24.9 Å². The highest BCUT2D eigenvalue weighted by molar-refractivity contribution is 7.89. The van der Waals surface area contributed by atoms with Gasteiger partial charge in [-0.1, -0.05) is 40.5 Å². The van der Waals surface area contributed by atoms with Crippen LogP contribution in [0.1, 0.15) is 52.1 Å². The number of hydrogen-bond acceptors (Lipinski definition) is 9. The molecule has 1 atom stereocenters. The van der Waals surface area contributed by atoms with E-state index in [4.69, 9.17) is 38.9 Å². The van der Waals surface area contributed by atoms with Crippen LogP contribution in [0.15, 0.2) is 64.8 Å². The van der Waals surface area contributed by atoms with Crippen molar-refractivity contribution in [1.29, 1.82) is 0 Å². The van der Waals surface area contributed by atoms with Crippen LogP contribution < -0.4 is 21.1 Å². The van der Waals surface area contributed by atoms with Crippen LogP contribution in [0.4, 0.5) is 0 Å². The maximum Gasteiger partial charge on any atom is 0.269 e. The number of nitrogens with one attached hydrogen (secondary N) is 2. The highest BCUT2D eigenvalue weighted by Crippen LogP contribution is 2.36. The molecule has 0 aliphatic carbocycles. The first-order valence-corrected chi connectivity index (χ1v) is 17.6. The summed E-state index contributed by atoms with van der Waals surface area (Å²) in [6.45, 7) is 4.35. The lowest BCUT2D eigenvalue weighted by Gasteiger charge is -2.24. The number of ether oxygens (including phenoxy) is 1. The Balaban J connectivity index is 1.20. The summed E-state index contributed by atoms with van der Waals surface area (Å²) in [7, 11) is -4.20. The first kappa shape index (κ1) is 35.8. The summed E-state index contributed by atoms with van der Waals surface area (Å²) in [6.07, 6.45) is 2.52. The number of aryl methyl sites for hydroxylation is 2. The number of rotatable bonds is 12. The molecule has 1 aliphatic heterocycles. The Kier molecular flexibility index (Phi) is 11.2. The molecule has 4 aromatic rings. The van der Waals surface area contributed by atoms with Gasteiger partial charge in [0.25, 0.3) is 5.91 Å². The molecular weight excluding hydrogens is 693 g/mol. The monoisotopic (exact) mass is 727 g/mol. The van der Waals surface area contributed by atoms with Crippen molar-refractivity contribution < 1.29 is 28.0 Å². The van der Waals surface area contributed by atoms with Gasteiger partial charge in [0.2, 0.25) is 15.9 Å². The van der Waals surface area contributed by atoms with Gasteiger partial charge in [-0.05, 0) is 75.1 Å². The predicted octanol–water partition coefficient (Wildman–Crippen LogP) is 4.32. The van der Waals surface area contributed by atoms with Crippen molar-refractivity contribution >= 4 is 61.8 Å². The van der Waals surface area contributed by atoms with Gasteiger partial charge in [-0.3, -0.25) is 14.6 Å². The van der Waals surface area contributed by atoms with Gasteiger partial charge in [0, 0.05) is 53.1 Å². The number of pyridine rings is 2. The zero-order valence-electron chi connectivity index (χ0n) is 26.7. The molecule has 0 radical (unpaired) electrons. The second kappa shape index (κ2) is 15.4. The first-order valence-electron chi connectivity index (χ1n) is 15.4. The Morgan fingerprint density at radius 3 is 2.63 bits per heavy atom. The number of nitrogens with zero attached hydrogens (tertiary/aromatic N) is 4. The molecule has 16 heteroatoms. The van der Waals surface area contributed by atoms with E-state index in [1.807, 2.05) is 32.0 Å². The van der Waals surface area contributed by atoms with Gasteiger partial charge in [-0.15, -0.1) is 0 Å². The number of hydrogen-bond donors (Lipinski definition) is 4. The van der Waals surface area contributed by atoms with Crippen molar-refractivity contribution in [3.8, 4) is 5.75 Å². The minimum absolute atomic E-state index is 0.0796. The largest absolute Gasteiger partial charge is 0.487 e. The van der Waals surface area contributed by atoms with Crippen LogP contribution in [0.5, 0.6) is 5.75 Å². The standard InChI is InChI=1S/C33H35Cl2N7O6S/c1-19-16-20(2)40-30-22(19)6-3-8-27(30)48-18-23-24(34)10-12-28(29(23)35)49(46,47)42-15-4-7-26(42)33(44)38-14-5-13-37-32(43)25-11-9-21(17-39-25)31(36)41-45/h3,6,8-12,16-17,26,45H,4-5,7,13-15,18H2,1-2H3,(H2,36,41)(H,37,43)(H,38,44)/t26-/m0/s1. The number of para-hydroxylation sites is 1. The van der Waals surface area contributed by atoms with Crippen LogP contribution in [0, 0.1) is 13.8 Å². The topological polar surface area (TPSA) is 189 Å². The molecule has 2 aromatic carbocycles. The normalized spacial score (nSPS) is 15.3. The van der Waals surface area contributed by atoms with Crippen LogP contribution in [-0.4, -0.2) is 71.2 Å². The first-order chi connectivity index (χ1) is 23.4. The fraction of sp³-hybridized carbons (Fsp3) is 0.303. The fourth-order valence-corrected chi connectivity index (χ4v) is 8.11. The lowest BCUT2D eigenvalue weighted by Crippen LogP contribution is -2.46. The zero-order valence-corrected chi connectivity index (χ0v) is 29.1. The number of amides is 2. The zero-order chi connectivity index (χ0) is 35.3. The molecule has 1 saturated heterocycles. The van der Waals surface area contributed by atoms with Crippen LogP contribution in [-0.2, 0) is 21.4 Å². The summed E-state index contributed by atoms with van der Waals surface area (Å²) in [6, 6.07) is 12.4. The van der Waals surface area contributed by atoms with Gasteiger partial charge in [-0.25, -0.2) is 13.4 Å². The van der Waals surface area contributed by atoms with E-state index in [9.17, 15) is 18.0 Å². The number of halogens is 2. The maximum atomic E-state index is 13.9. The van der Waals surface area contributed by atoms with Crippen LogP contribution in [0.3, 0.4) is 0 Å². The Hall–Kier alpha value is -4.50. The second-order valence-electron chi connectivity index (χ2n) is 11.5. The summed E-state index contributed by atoms with van der Waals surface area (Å²) in [5.74, 6) is -0.508. The molecule has 13 nitrogen and oxygen atoms in total. The smallest absolute Gasteiger partial charge is 0.269 e. The third kappa shape index (κ3) is 7.88. The number of carbonyl (C=O) groups is 2. The van der Waals surface area contributed by atoms with Gasteiger partial charge in [0.1, 0.15) is 34.5 Å². The lowest BCUT2D eigenvalue weighted by molar-refractivity contribution is -0.124. The average Bonchev–Trinajstić information content (AvgIpc) is 3.59. The van der Waals surface area contributed by atoms with Gasteiger partial charge < -0.3 is 26.3 Å². The lowest BCUT2D eigenvalue weighted by atomic mass is 10.1. The molecule has 3 heterocycles. The molecule has 5 rings (SSSR count). The number of oxime groups is 1. The quantitative estimate of drug-likeness (QED) is 0.0542. The van der Waals surface area contributed by atoms with Crippen LogP contribution in [0.2, 0.25) is 10.0 Å². The summed E-state index contributed by atoms with van der Waals surface area (Å²) in [4.78, 5) is 34.0. The molecule has 2 aromatic heterocycles. The number of sulfonamides is 1. The summed E-state index contributed by atoms with van der Waals surface area (Å²) >= 11 is 13.2. The van der Waals surface area contributed by atoms with Gasteiger partial charge in [-0.2, -0.15) is 4.31 Å². The van der Waals surface area contributed by atoms with Crippen molar-refractivity contribution in [2.45, 2.75) is 50.7 Å². The molecule has 5 N–H and O–H groups in total. The molecule has 49 heavy (non-hydrogen) atoms. The summed E-state index contributed by atoms with van der Waals surface area (Å²) < 4.78 is 35.1. The van der Waals surface area contributed by atoms with Gasteiger partial charge in [0.05, 0.1) is 5.02 Å². The Bertz CT molecular complexity index is 2030. The number of nitrogens with two attached hydrogens (primary N) is 1. The highest BCUT2D eigenvalue weighted by Gasteiger charge is 2.40. The molecule has 0 bridgehead atoms. The molecule has 258 valence electrons. The van der Waals surface area contributed by atoms with E-state index in [2.05, 4.69) is 25.8 Å². The predicted molar refractivity (Wildman–Crippen MR) is 186 cm³/mol. The number of fused-ring (bicyclic) bond motifs is 1. The number of benzene rings is 2. The fourth-order valence-electron chi connectivity index (χ4n) is 5.59. The van der Waals surface area contributed by atoms with E-state index < -0.39 is 27.9 Å². The molecule has 0 unspecified atom stereocenters. The Labute approximate surface area is 293 Å². The van der Waals surface area contributed by atoms with Crippen molar-refractivity contribution in [3.63, 3.8) is 0 Å². The SMILES string of the molecule is Cc1cc(C)c2cccc(OCc3c(Cl)ccc(S(=O)(=O)N4CCC[C@H]4C(=O)NCCCNC(=O)c4ccc(C(N)=NO)cn4)c3Cl)c2n1. The minimum atomic E-state index is -4.20. The summed E-state index contributed by atoms with van der Waals surface area (Å²) in [5, 5.41) is 18.2. The van der Waals surface area contributed by atoms with Gasteiger partial charge >= 0.3 is 0 Å². The number of amidine groups is 1. The third-order valence-corrected chi connectivity index (χ3v) is 10.9. The molecule has 1 aliphatic rings. The summed E-state index contributed by atoms with van der Waals surface area (Å²) in [5.41, 5.74) is 8.85. The van der Waals surface area contributed by atoms with E-state index in [0.717, 1.165) is 20.9 Å². The number of carbonyl (C=O) groups excluding carboxylic acids is 2. The maximum absolute atomic E-state index is 13.9. The van der Waals surface area contributed by atoms with Crippen molar-refractivity contribution in [2.75, 3.05) is 19.6 Å². The average molecular weight is 729 g/mol. The van der Waals surface area contributed by atoms with E-state index in [1.165, 1.54) is 30.5 Å². The van der Waals surface area contributed by atoms with E-state index >= 15 is 0 Å². The molecule has 1 fully saturated rings. The van der Waals surface area contributed by atoms with E-state index in [-0.39, 0.29) is 52.7 Å². The minimum Gasteiger partial charge on any atom is -0.487 e. The second-order valence-corrected chi connectivity index (χ2v) is 14.1. The van der Waals surface area contributed by atoms with Gasteiger partial charge in [0.15, 0.2) is 5.84 Å². The number of aromatic nitrogens is 2. The Morgan fingerprint density at radius 1 is 1.12 bits per heavy atom. The molecule has 2 amide bonds.